The Morgan fingerprint density at radius 3 is 2.28 bits per heavy atom. The van der Waals surface area contributed by atoms with Crippen molar-refractivity contribution < 1.29 is 9.53 Å². The Balaban J connectivity index is 0.00000512. The molecule has 1 aliphatic heterocycles. The summed E-state index contributed by atoms with van der Waals surface area (Å²) in [5.41, 5.74) is -0.449. The van der Waals surface area contributed by atoms with Gasteiger partial charge in [0, 0.05) is 45.3 Å². The fourth-order valence-corrected chi connectivity index (χ4v) is 3.94. The summed E-state index contributed by atoms with van der Waals surface area (Å²) in [5, 5.41) is 3.53. The molecule has 0 radical (unpaired) electrons. The van der Waals surface area contributed by atoms with Gasteiger partial charge in [-0.2, -0.15) is 0 Å². The number of aliphatic imine (C=N–C) groups is 1. The van der Waals surface area contributed by atoms with Crippen molar-refractivity contribution in [3.05, 3.63) is 0 Å². The van der Waals surface area contributed by atoms with E-state index in [9.17, 15) is 4.79 Å². The van der Waals surface area contributed by atoms with E-state index in [1.54, 1.807) is 0 Å². The van der Waals surface area contributed by atoms with E-state index in [1.165, 1.54) is 19.3 Å². The number of piperidine rings is 1. The number of hydrogen-bond donors (Lipinski definition) is 1. The van der Waals surface area contributed by atoms with E-state index in [-0.39, 0.29) is 36.1 Å². The molecule has 0 bridgehead atoms. The van der Waals surface area contributed by atoms with Gasteiger partial charge in [-0.3, -0.25) is 4.99 Å². The molecule has 2 aliphatic rings. The van der Waals surface area contributed by atoms with Crippen LogP contribution in [-0.2, 0) is 4.74 Å². The summed E-state index contributed by atoms with van der Waals surface area (Å²) >= 11 is 0. The van der Waals surface area contributed by atoms with Crippen molar-refractivity contribution in [3.8, 4) is 0 Å². The Hall–Kier alpha value is -0.770. The number of rotatable bonds is 9. The number of unbranched alkanes of at least 4 members (excludes halogenated alkanes) is 1. The number of nitrogens with one attached hydrogen (secondary N) is 1. The third-order valence-electron chi connectivity index (χ3n) is 6.30. The zero-order chi connectivity index (χ0) is 23.0. The quantitative estimate of drug-likeness (QED) is 0.194. The topological polar surface area (TPSA) is 60.4 Å². The normalized spacial score (nSPS) is 18.0. The largest absolute Gasteiger partial charge is 0.444 e. The number of ether oxygens (including phenoxy) is 1. The van der Waals surface area contributed by atoms with Gasteiger partial charge in [0.2, 0.25) is 0 Å². The van der Waals surface area contributed by atoms with Gasteiger partial charge in [-0.1, -0.05) is 0 Å². The lowest BCUT2D eigenvalue weighted by atomic mass is 10.0. The lowest BCUT2D eigenvalue weighted by molar-refractivity contribution is 0.00928. The van der Waals surface area contributed by atoms with Crippen LogP contribution in [-0.4, -0.2) is 91.3 Å². The van der Waals surface area contributed by atoms with Crippen LogP contribution < -0.4 is 5.32 Å². The third kappa shape index (κ3) is 10.4. The fraction of sp³-hybridized carbons (Fsp3) is 0.917. The number of likely N-dealkylation sites (tertiary alicyclic amines) is 1. The minimum Gasteiger partial charge on any atom is -0.444 e. The number of carbonyl (C=O) groups is 1. The Morgan fingerprint density at radius 1 is 1.16 bits per heavy atom. The Morgan fingerprint density at radius 2 is 1.78 bits per heavy atom. The molecule has 0 aromatic carbocycles. The summed E-state index contributed by atoms with van der Waals surface area (Å²) < 4.78 is 5.72. The van der Waals surface area contributed by atoms with Crippen molar-refractivity contribution in [1.82, 2.24) is 20.0 Å². The summed E-state index contributed by atoms with van der Waals surface area (Å²) in [6.07, 6.45) is 6.58. The molecule has 32 heavy (non-hydrogen) atoms. The highest BCUT2D eigenvalue weighted by Crippen LogP contribution is 2.32. The smallest absolute Gasteiger partial charge is 0.410 e. The Kier molecular flexibility index (Phi) is 12.6. The number of halogens is 1. The van der Waals surface area contributed by atoms with E-state index in [0.717, 1.165) is 57.9 Å². The van der Waals surface area contributed by atoms with Crippen molar-refractivity contribution >= 4 is 36.0 Å². The molecule has 0 aromatic rings. The molecule has 2 fully saturated rings. The van der Waals surface area contributed by atoms with Gasteiger partial charge in [0.25, 0.3) is 0 Å². The van der Waals surface area contributed by atoms with Crippen LogP contribution in [0.15, 0.2) is 4.99 Å². The second-order valence-corrected chi connectivity index (χ2v) is 10.5. The van der Waals surface area contributed by atoms with Crippen LogP contribution in [0.4, 0.5) is 4.79 Å². The maximum absolute atomic E-state index is 12.8. The van der Waals surface area contributed by atoms with Crippen LogP contribution in [0, 0.1) is 5.92 Å². The molecule has 0 atom stereocenters. The Labute approximate surface area is 213 Å². The van der Waals surface area contributed by atoms with E-state index >= 15 is 0 Å². The van der Waals surface area contributed by atoms with Gasteiger partial charge in [0.1, 0.15) is 5.60 Å². The number of guanidine groups is 1. The van der Waals surface area contributed by atoms with E-state index in [0.29, 0.717) is 12.0 Å². The number of carbonyl (C=O) groups excluding carboxylic acids is 1. The van der Waals surface area contributed by atoms with E-state index in [2.05, 4.69) is 41.0 Å². The standard InChI is InChI=1S/C24H47N5O2.HI/c1-19(2)27(7)15-9-8-14-26-22(25-6)28-16-12-21(13-17-28)29(18-20-10-11-20)23(30)31-24(3,4)5;/h19-21H,8-18H2,1-7H3,(H,25,26);1H. The molecule has 2 rings (SSSR count). The molecule has 1 saturated carbocycles. The molecule has 1 amide bonds. The maximum Gasteiger partial charge on any atom is 0.410 e. The highest BCUT2D eigenvalue weighted by atomic mass is 127. The predicted octanol–water partition coefficient (Wildman–Crippen LogP) is 4.41. The summed E-state index contributed by atoms with van der Waals surface area (Å²) in [7, 11) is 4.05. The van der Waals surface area contributed by atoms with Crippen LogP contribution in [0.5, 0.6) is 0 Å². The van der Waals surface area contributed by atoms with Gasteiger partial charge < -0.3 is 24.8 Å². The maximum atomic E-state index is 12.8. The first kappa shape index (κ1) is 29.3. The second-order valence-electron chi connectivity index (χ2n) is 10.5. The van der Waals surface area contributed by atoms with Gasteiger partial charge in [0.15, 0.2) is 5.96 Å². The van der Waals surface area contributed by atoms with E-state index < -0.39 is 5.60 Å². The van der Waals surface area contributed by atoms with Crippen molar-refractivity contribution in [1.29, 1.82) is 0 Å². The molecule has 0 aromatic heterocycles. The highest BCUT2D eigenvalue weighted by molar-refractivity contribution is 14.0. The first-order chi connectivity index (χ1) is 14.6. The minimum absolute atomic E-state index is 0. The predicted molar refractivity (Wildman–Crippen MR) is 144 cm³/mol. The summed E-state index contributed by atoms with van der Waals surface area (Å²) in [6.45, 7) is 15.1. The first-order valence-corrected chi connectivity index (χ1v) is 12.3. The third-order valence-corrected chi connectivity index (χ3v) is 6.30. The first-order valence-electron chi connectivity index (χ1n) is 12.3. The van der Waals surface area contributed by atoms with E-state index in [4.69, 9.17) is 4.74 Å². The average Bonchev–Trinajstić information content (AvgIpc) is 3.52. The fourth-order valence-electron chi connectivity index (χ4n) is 3.94. The number of amides is 1. The van der Waals surface area contributed by atoms with Gasteiger partial charge in [-0.15, -0.1) is 24.0 Å². The second kappa shape index (κ2) is 13.8. The molecule has 8 heteroatoms. The van der Waals surface area contributed by atoms with E-state index in [1.807, 2.05) is 32.7 Å². The Bertz CT molecular complexity index is 581. The van der Waals surface area contributed by atoms with Crippen molar-refractivity contribution in [2.24, 2.45) is 10.9 Å². The molecule has 1 saturated heterocycles. The van der Waals surface area contributed by atoms with Crippen molar-refractivity contribution in [2.75, 3.05) is 46.8 Å². The van der Waals surface area contributed by atoms with Crippen LogP contribution >= 0.6 is 24.0 Å². The van der Waals surface area contributed by atoms with Gasteiger partial charge in [0.05, 0.1) is 0 Å². The molecule has 0 spiro atoms. The molecular formula is C24H48IN5O2. The highest BCUT2D eigenvalue weighted by Gasteiger charge is 2.35. The SMILES string of the molecule is CN=C(NCCCCN(C)C(C)C)N1CCC(N(CC2CC2)C(=O)OC(C)(C)C)CC1.I. The average molecular weight is 566 g/mol. The van der Waals surface area contributed by atoms with Gasteiger partial charge in [-0.25, -0.2) is 4.79 Å². The molecule has 1 aliphatic carbocycles. The lowest BCUT2D eigenvalue weighted by Gasteiger charge is -2.40. The zero-order valence-corrected chi connectivity index (χ0v) is 23.9. The molecular weight excluding hydrogens is 517 g/mol. The van der Waals surface area contributed by atoms with Crippen LogP contribution in [0.3, 0.4) is 0 Å². The molecule has 0 unspecified atom stereocenters. The molecule has 7 nitrogen and oxygen atoms in total. The molecule has 1 N–H and O–H groups in total. The van der Waals surface area contributed by atoms with Crippen LogP contribution in [0.2, 0.25) is 0 Å². The van der Waals surface area contributed by atoms with Crippen molar-refractivity contribution in [2.45, 2.75) is 90.8 Å². The lowest BCUT2D eigenvalue weighted by Crippen LogP contribution is -2.52. The molecule has 1 heterocycles. The summed E-state index contributed by atoms with van der Waals surface area (Å²) in [4.78, 5) is 24.1. The van der Waals surface area contributed by atoms with Crippen LogP contribution in [0.25, 0.3) is 0 Å². The monoisotopic (exact) mass is 565 g/mol. The zero-order valence-electron chi connectivity index (χ0n) is 21.5. The van der Waals surface area contributed by atoms with Crippen LogP contribution in [0.1, 0.15) is 73.1 Å². The van der Waals surface area contributed by atoms with Crippen molar-refractivity contribution in [3.63, 3.8) is 0 Å². The van der Waals surface area contributed by atoms with Gasteiger partial charge in [-0.05, 0) is 92.7 Å². The number of nitrogens with zero attached hydrogens (tertiary/aromatic N) is 4. The number of hydrogen-bond acceptors (Lipinski definition) is 4. The summed E-state index contributed by atoms with van der Waals surface area (Å²) in [6, 6.07) is 0.860. The summed E-state index contributed by atoms with van der Waals surface area (Å²) in [5.74, 6) is 1.65. The molecule has 188 valence electrons. The van der Waals surface area contributed by atoms with Gasteiger partial charge >= 0.3 is 6.09 Å². The minimum atomic E-state index is -0.449.